The fourth-order valence-electron chi connectivity index (χ4n) is 2.05. The second kappa shape index (κ2) is 5.23. The number of nitrogens with two attached hydrogens (primary N) is 1. The van der Waals surface area contributed by atoms with Crippen molar-refractivity contribution in [3.8, 4) is 0 Å². The summed E-state index contributed by atoms with van der Waals surface area (Å²) < 4.78 is 0. The molecular formula is C12H20N4S. The molecule has 0 spiro atoms. The van der Waals surface area contributed by atoms with Crippen molar-refractivity contribution in [2.75, 3.05) is 30.8 Å². The van der Waals surface area contributed by atoms with Gasteiger partial charge in [-0.2, -0.15) is 11.8 Å². The van der Waals surface area contributed by atoms with Crippen LogP contribution in [0.2, 0.25) is 0 Å². The first-order valence-corrected chi connectivity index (χ1v) is 7.19. The molecule has 0 amide bonds. The Balaban J connectivity index is 2.34. The first-order chi connectivity index (χ1) is 8.13. The van der Waals surface area contributed by atoms with E-state index in [-0.39, 0.29) is 0 Å². The molecule has 1 atom stereocenters. The Kier molecular flexibility index (Phi) is 3.89. The second-order valence-corrected chi connectivity index (χ2v) is 5.61. The highest BCUT2D eigenvalue weighted by Crippen LogP contribution is 2.27. The van der Waals surface area contributed by atoms with Gasteiger partial charge in [-0.3, -0.25) is 4.90 Å². The van der Waals surface area contributed by atoms with Crippen molar-refractivity contribution in [3.63, 3.8) is 0 Å². The molecule has 1 aliphatic heterocycles. The molecule has 2 N–H and O–H groups in total. The molecular weight excluding hydrogens is 232 g/mol. The van der Waals surface area contributed by atoms with Crippen LogP contribution in [0.3, 0.4) is 0 Å². The van der Waals surface area contributed by atoms with Gasteiger partial charge in [0, 0.05) is 29.3 Å². The van der Waals surface area contributed by atoms with Crippen LogP contribution >= 0.6 is 11.8 Å². The van der Waals surface area contributed by atoms with Crippen molar-refractivity contribution < 1.29 is 0 Å². The molecule has 2 heterocycles. The largest absolute Gasteiger partial charge is 0.383 e. The number of nitrogen functional groups attached to an aromatic ring is 1. The molecule has 0 saturated carbocycles. The molecule has 1 aromatic heterocycles. The fraction of sp³-hybridized carbons (Fsp3) is 0.667. The van der Waals surface area contributed by atoms with Gasteiger partial charge < -0.3 is 5.73 Å². The van der Waals surface area contributed by atoms with E-state index in [0.29, 0.717) is 11.9 Å². The number of thioether (sulfide) groups is 1. The molecule has 1 unspecified atom stereocenters. The highest BCUT2D eigenvalue weighted by Gasteiger charge is 2.24. The lowest BCUT2D eigenvalue weighted by atomic mass is 10.1. The van der Waals surface area contributed by atoms with Crippen LogP contribution in [0.4, 0.5) is 5.82 Å². The number of hydrogen-bond acceptors (Lipinski definition) is 5. The van der Waals surface area contributed by atoms with Gasteiger partial charge in [0.05, 0.1) is 6.04 Å². The maximum Gasteiger partial charge on any atom is 0.148 e. The Hall–Kier alpha value is -0.810. The summed E-state index contributed by atoms with van der Waals surface area (Å²) in [6.45, 7) is 5.20. The molecule has 0 aromatic carbocycles. The van der Waals surface area contributed by atoms with Crippen molar-refractivity contribution in [2.24, 2.45) is 0 Å². The smallest absolute Gasteiger partial charge is 0.148 e. The van der Waals surface area contributed by atoms with Crippen molar-refractivity contribution >= 4 is 17.6 Å². The molecule has 1 saturated heterocycles. The third-order valence-electron chi connectivity index (χ3n) is 3.33. The summed E-state index contributed by atoms with van der Waals surface area (Å²) in [4.78, 5) is 11.5. The third-order valence-corrected chi connectivity index (χ3v) is 4.35. The minimum atomic E-state index is 0.307. The number of rotatable bonds is 2. The van der Waals surface area contributed by atoms with E-state index in [4.69, 9.17) is 5.73 Å². The Labute approximate surface area is 107 Å². The van der Waals surface area contributed by atoms with Gasteiger partial charge >= 0.3 is 0 Å². The van der Waals surface area contributed by atoms with Crippen LogP contribution in [-0.4, -0.2) is 40.0 Å². The van der Waals surface area contributed by atoms with Gasteiger partial charge in [-0.25, -0.2) is 9.97 Å². The predicted octanol–water partition coefficient (Wildman–Crippen LogP) is 1.65. The van der Waals surface area contributed by atoms with Crippen molar-refractivity contribution in [1.82, 2.24) is 14.9 Å². The number of nitrogens with zero attached hydrogens (tertiary/aromatic N) is 3. The van der Waals surface area contributed by atoms with Crippen LogP contribution in [0.1, 0.15) is 30.0 Å². The molecule has 0 bridgehead atoms. The topological polar surface area (TPSA) is 55.0 Å². The van der Waals surface area contributed by atoms with Crippen LogP contribution in [0.25, 0.3) is 0 Å². The summed E-state index contributed by atoms with van der Waals surface area (Å²) in [5.74, 6) is 3.77. The summed E-state index contributed by atoms with van der Waals surface area (Å²) in [6, 6.07) is 0.307. The summed E-state index contributed by atoms with van der Waals surface area (Å²) >= 11 is 1.96. The SMILES string of the molecule is CCc1nc(C2CSCCN2C)nc(N)c1C. The zero-order valence-corrected chi connectivity index (χ0v) is 11.5. The minimum absolute atomic E-state index is 0.307. The van der Waals surface area contributed by atoms with Gasteiger partial charge in [0.25, 0.3) is 0 Å². The van der Waals surface area contributed by atoms with Crippen LogP contribution in [0.5, 0.6) is 0 Å². The van der Waals surface area contributed by atoms with Crippen LogP contribution in [-0.2, 0) is 6.42 Å². The highest BCUT2D eigenvalue weighted by atomic mass is 32.2. The molecule has 17 heavy (non-hydrogen) atoms. The van der Waals surface area contributed by atoms with E-state index in [1.165, 1.54) is 5.75 Å². The standard InChI is InChI=1S/C12H20N4S/c1-4-9-8(2)11(13)15-12(14-9)10-7-17-6-5-16(10)3/h10H,4-7H2,1-3H3,(H2,13,14,15). The lowest BCUT2D eigenvalue weighted by Gasteiger charge is -2.31. The Morgan fingerprint density at radius 1 is 1.47 bits per heavy atom. The lowest BCUT2D eigenvalue weighted by molar-refractivity contribution is 0.264. The summed E-state index contributed by atoms with van der Waals surface area (Å²) in [5, 5.41) is 0. The molecule has 0 aliphatic carbocycles. The minimum Gasteiger partial charge on any atom is -0.383 e. The second-order valence-electron chi connectivity index (χ2n) is 4.46. The van der Waals surface area contributed by atoms with E-state index in [9.17, 15) is 0 Å². The molecule has 1 aliphatic rings. The van der Waals surface area contributed by atoms with E-state index in [2.05, 4.69) is 28.8 Å². The Morgan fingerprint density at radius 3 is 2.88 bits per heavy atom. The van der Waals surface area contributed by atoms with Gasteiger partial charge in [-0.1, -0.05) is 6.92 Å². The Bertz CT molecular complexity index is 408. The lowest BCUT2D eigenvalue weighted by Crippen LogP contribution is -2.34. The van der Waals surface area contributed by atoms with Crippen LogP contribution < -0.4 is 5.73 Å². The third kappa shape index (κ3) is 2.55. The van der Waals surface area contributed by atoms with E-state index in [0.717, 1.165) is 35.8 Å². The number of aryl methyl sites for hydroxylation is 1. The monoisotopic (exact) mass is 252 g/mol. The van der Waals surface area contributed by atoms with Crippen LogP contribution in [0.15, 0.2) is 0 Å². The molecule has 2 rings (SSSR count). The first-order valence-electron chi connectivity index (χ1n) is 6.04. The average molecular weight is 252 g/mol. The molecule has 5 heteroatoms. The molecule has 4 nitrogen and oxygen atoms in total. The molecule has 1 fully saturated rings. The van der Waals surface area contributed by atoms with Gasteiger partial charge in [0.2, 0.25) is 0 Å². The number of hydrogen-bond donors (Lipinski definition) is 1. The molecule has 94 valence electrons. The number of aromatic nitrogens is 2. The quantitative estimate of drug-likeness (QED) is 0.867. The number of anilines is 1. The van der Waals surface area contributed by atoms with Crippen molar-refractivity contribution in [1.29, 1.82) is 0 Å². The zero-order valence-electron chi connectivity index (χ0n) is 10.7. The Morgan fingerprint density at radius 2 is 2.24 bits per heavy atom. The molecule has 0 radical (unpaired) electrons. The molecule has 1 aromatic rings. The van der Waals surface area contributed by atoms with E-state index >= 15 is 0 Å². The average Bonchev–Trinajstić information content (AvgIpc) is 2.33. The summed E-state index contributed by atoms with van der Waals surface area (Å²) in [7, 11) is 2.13. The highest BCUT2D eigenvalue weighted by molar-refractivity contribution is 7.99. The normalized spacial score (nSPS) is 21.7. The fourth-order valence-corrected chi connectivity index (χ4v) is 3.26. The maximum absolute atomic E-state index is 5.97. The zero-order chi connectivity index (χ0) is 12.4. The van der Waals surface area contributed by atoms with Gasteiger partial charge in [-0.15, -0.1) is 0 Å². The van der Waals surface area contributed by atoms with Crippen molar-refractivity contribution in [2.45, 2.75) is 26.3 Å². The van der Waals surface area contributed by atoms with E-state index < -0.39 is 0 Å². The van der Waals surface area contributed by atoms with Crippen molar-refractivity contribution in [3.05, 3.63) is 17.1 Å². The van der Waals surface area contributed by atoms with E-state index in [1.54, 1.807) is 0 Å². The van der Waals surface area contributed by atoms with Gasteiger partial charge in [-0.05, 0) is 20.4 Å². The van der Waals surface area contributed by atoms with Gasteiger partial charge in [0.15, 0.2) is 0 Å². The predicted molar refractivity (Wildman–Crippen MR) is 73.3 cm³/mol. The van der Waals surface area contributed by atoms with Gasteiger partial charge in [0.1, 0.15) is 11.6 Å². The summed E-state index contributed by atoms with van der Waals surface area (Å²) in [6.07, 6.45) is 0.912. The van der Waals surface area contributed by atoms with E-state index in [1.807, 2.05) is 18.7 Å². The van der Waals surface area contributed by atoms with Crippen LogP contribution in [0, 0.1) is 6.92 Å². The summed E-state index contributed by atoms with van der Waals surface area (Å²) in [5.41, 5.74) is 8.08. The first kappa shape index (κ1) is 12.6. The maximum atomic E-state index is 5.97.